The fourth-order valence-electron chi connectivity index (χ4n) is 3.32. The second kappa shape index (κ2) is 7.77. The fraction of sp³-hybridized carbons (Fsp3) is 0.381. The summed E-state index contributed by atoms with van der Waals surface area (Å²) in [6, 6.07) is 7.31. The van der Waals surface area contributed by atoms with E-state index in [2.05, 4.69) is 0 Å². The van der Waals surface area contributed by atoms with Crippen LogP contribution < -0.4 is 4.74 Å². The summed E-state index contributed by atoms with van der Waals surface area (Å²) in [5.74, 6) is -3.90. The number of hydrogen-bond acceptors (Lipinski definition) is 4. The number of carbonyl (C=O) groups excluding carboxylic acids is 1. The molecular formula is C21H24F2N2O4. The summed E-state index contributed by atoms with van der Waals surface area (Å²) in [7, 11) is 0. The van der Waals surface area contributed by atoms with Crippen LogP contribution in [-0.4, -0.2) is 26.8 Å². The number of nitro benzene ring substituents is 1. The molecule has 0 radical (unpaired) electrons. The topological polar surface area (TPSA) is 72.7 Å². The molecule has 156 valence electrons. The van der Waals surface area contributed by atoms with Crippen LogP contribution in [0.25, 0.3) is 0 Å². The van der Waals surface area contributed by atoms with Crippen LogP contribution in [0.2, 0.25) is 0 Å². The first-order valence-electron chi connectivity index (χ1n) is 8.98. The average Bonchev–Trinajstić information content (AvgIpc) is 2.56. The maximum absolute atomic E-state index is 14.1. The van der Waals surface area contributed by atoms with Gasteiger partial charge in [0.15, 0.2) is 5.82 Å². The second-order valence-corrected chi connectivity index (χ2v) is 8.58. The molecule has 2 aromatic rings. The van der Waals surface area contributed by atoms with E-state index >= 15 is 0 Å². The Hall–Kier alpha value is -3.03. The molecule has 0 aliphatic rings. The zero-order valence-electron chi connectivity index (χ0n) is 17.2. The number of carbonyl (C=O) groups is 1. The van der Waals surface area contributed by atoms with Crippen LogP contribution in [0, 0.1) is 21.7 Å². The van der Waals surface area contributed by atoms with Crippen LogP contribution in [0.3, 0.4) is 0 Å². The van der Waals surface area contributed by atoms with Gasteiger partial charge in [-0.05, 0) is 65.8 Å². The fourth-order valence-corrected chi connectivity index (χ4v) is 3.32. The van der Waals surface area contributed by atoms with Crippen LogP contribution in [0.5, 0.6) is 11.5 Å². The first-order valence-corrected chi connectivity index (χ1v) is 8.98. The highest BCUT2D eigenvalue weighted by Crippen LogP contribution is 2.36. The van der Waals surface area contributed by atoms with Gasteiger partial charge in [-0.15, -0.1) is 0 Å². The molecule has 0 unspecified atom stereocenters. The molecular weight excluding hydrogens is 382 g/mol. The molecule has 0 bridgehead atoms. The Labute approximate surface area is 168 Å². The summed E-state index contributed by atoms with van der Waals surface area (Å²) < 4.78 is 33.0. The zero-order chi connectivity index (χ0) is 22.1. The molecule has 0 aromatic heterocycles. The third-order valence-electron chi connectivity index (χ3n) is 4.07. The van der Waals surface area contributed by atoms with Gasteiger partial charge >= 0.3 is 5.69 Å². The van der Waals surface area contributed by atoms with Crippen LogP contribution in [-0.2, 0) is 0 Å². The van der Waals surface area contributed by atoms with Crippen LogP contribution >= 0.6 is 0 Å². The Morgan fingerprint density at radius 2 is 1.62 bits per heavy atom. The first-order chi connectivity index (χ1) is 13.2. The van der Waals surface area contributed by atoms with E-state index < -0.39 is 39.1 Å². The van der Waals surface area contributed by atoms with Gasteiger partial charge in [0, 0.05) is 22.7 Å². The van der Waals surface area contributed by atoms with Gasteiger partial charge in [0.25, 0.3) is 5.91 Å². The molecule has 1 amide bonds. The van der Waals surface area contributed by atoms with E-state index in [-0.39, 0.29) is 17.2 Å². The van der Waals surface area contributed by atoms with Gasteiger partial charge in [-0.1, -0.05) is 6.07 Å². The average molecular weight is 406 g/mol. The molecule has 0 atom stereocenters. The maximum Gasteiger partial charge on any atom is 0.314 e. The number of amides is 1. The molecule has 0 spiro atoms. The zero-order valence-corrected chi connectivity index (χ0v) is 17.2. The third-order valence-corrected chi connectivity index (χ3v) is 4.07. The van der Waals surface area contributed by atoms with Gasteiger partial charge in [-0.3, -0.25) is 14.9 Å². The first kappa shape index (κ1) is 22.3. The van der Waals surface area contributed by atoms with E-state index in [1.807, 2.05) is 41.5 Å². The van der Waals surface area contributed by atoms with E-state index in [4.69, 9.17) is 4.74 Å². The Bertz CT molecular complexity index is 933. The normalized spacial score (nSPS) is 11.9. The number of benzene rings is 2. The predicted octanol–water partition coefficient (Wildman–Crippen LogP) is 5.70. The SMILES string of the molecule is CC(C)(C)N(C(=O)c1cccc(Oc2c([N+](=O)[O-])ccc(F)c2F)c1)C(C)(C)C. The molecule has 2 rings (SSSR count). The minimum absolute atomic E-state index is 0.0220. The van der Waals surface area contributed by atoms with E-state index in [0.29, 0.717) is 6.07 Å². The maximum atomic E-state index is 14.1. The van der Waals surface area contributed by atoms with Gasteiger partial charge < -0.3 is 9.64 Å². The van der Waals surface area contributed by atoms with Crippen molar-refractivity contribution < 1.29 is 23.2 Å². The standard InChI is InChI=1S/C21H24F2N2O4/c1-20(2,3)24(21(4,5)6)19(26)13-8-7-9-14(12-13)29-18-16(25(27)28)11-10-15(22)17(18)23/h7-12H,1-6H3. The van der Waals surface area contributed by atoms with Crippen LogP contribution in [0.15, 0.2) is 36.4 Å². The van der Waals surface area contributed by atoms with Crippen molar-refractivity contribution in [2.75, 3.05) is 0 Å². The van der Waals surface area contributed by atoms with Crippen molar-refractivity contribution in [2.24, 2.45) is 0 Å². The van der Waals surface area contributed by atoms with Crippen molar-refractivity contribution in [1.29, 1.82) is 0 Å². The Morgan fingerprint density at radius 1 is 1.03 bits per heavy atom. The number of nitrogens with zero attached hydrogens (tertiary/aromatic N) is 2. The lowest BCUT2D eigenvalue weighted by molar-refractivity contribution is -0.385. The van der Waals surface area contributed by atoms with Crippen LogP contribution in [0.4, 0.5) is 14.5 Å². The van der Waals surface area contributed by atoms with E-state index in [0.717, 1.165) is 6.07 Å². The van der Waals surface area contributed by atoms with Crippen molar-refractivity contribution in [1.82, 2.24) is 4.90 Å². The Kier molecular flexibility index (Phi) is 5.96. The molecule has 8 heteroatoms. The summed E-state index contributed by atoms with van der Waals surface area (Å²) in [5, 5.41) is 11.1. The third kappa shape index (κ3) is 4.88. The number of halogens is 2. The Morgan fingerprint density at radius 3 is 2.14 bits per heavy atom. The van der Waals surface area contributed by atoms with Crippen LogP contribution in [0.1, 0.15) is 51.9 Å². The van der Waals surface area contributed by atoms with Gasteiger partial charge in [0.05, 0.1) is 4.92 Å². The lowest BCUT2D eigenvalue weighted by Gasteiger charge is -2.45. The summed E-state index contributed by atoms with van der Waals surface area (Å²) in [4.78, 5) is 25.1. The highest BCUT2D eigenvalue weighted by molar-refractivity contribution is 5.95. The van der Waals surface area contributed by atoms with E-state index in [1.54, 1.807) is 11.0 Å². The van der Waals surface area contributed by atoms with Gasteiger partial charge in [0.2, 0.25) is 11.6 Å². The smallest absolute Gasteiger partial charge is 0.314 e. The lowest BCUT2D eigenvalue weighted by atomic mass is 9.94. The molecule has 0 fully saturated rings. The molecule has 0 aliphatic carbocycles. The number of rotatable bonds is 4. The lowest BCUT2D eigenvalue weighted by Crippen LogP contribution is -2.55. The molecule has 0 aliphatic heterocycles. The monoisotopic (exact) mass is 406 g/mol. The van der Waals surface area contributed by atoms with Gasteiger partial charge in [-0.2, -0.15) is 4.39 Å². The molecule has 6 nitrogen and oxygen atoms in total. The minimum atomic E-state index is -1.47. The van der Waals surface area contributed by atoms with Crippen molar-refractivity contribution in [3.8, 4) is 11.5 Å². The quantitative estimate of drug-likeness (QED) is 0.482. The number of nitro groups is 1. The van der Waals surface area contributed by atoms with Crippen molar-refractivity contribution in [3.05, 3.63) is 63.7 Å². The van der Waals surface area contributed by atoms with E-state index in [9.17, 15) is 23.7 Å². The van der Waals surface area contributed by atoms with Gasteiger partial charge in [0.1, 0.15) is 5.75 Å². The molecule has 2 aromatic carbocycles. The number of hydrogen-bond donors (Lipinski definition) is 0. The Balaban J connectivity index is 2.47. The second-order valence-electron chi connectivity index (χ2n) is 8.58. The summed E-state index contributed by atoms with van der Waals surface area (Å²) in [6.07, 6.45) is 0. The molecule has 0 heterocycles. The molecule has 29 heavy (non-hydrogen) atoms. The predicted molar refractivity (Wildman–Crippen MR) is 105 cm³/mol. The summed E-state index contributed by atoms with van der Waals surface area (Å²) >= 11 is 0. The van der Waals surface area contributed by atoms with E-state index in [1.165, 1.54) is 18.2 Å². The van der Waals surface area contributed by atoms with Crippen molar-refractivity contribution in [2.45, 2.75) is 52.6 Å². The van der Waals surface area contributed by atoms with Crippen molar-refractivity contribution >= 4 is 11.6 Å². The minimum Gasteiger partial charge on any atom is -0.447 e. The largest absolute Gasteiger partial charge is 0.447 e. The highest BCUT2D eigenvalue weighted by atomic mass is 19.2. The molecule has 0 saturated heterocycles. The van der Waals surface area contributed by atoms with Crippen molar-refractivity contribution in [3.63, 3.8) is 0 Å². The molecule has 0 N–H and O–H groups in total. The number of ether oxygens (including phenoxy) is 1. The summed E-state index contributed by atoms with van der Waals surface area (Å²) in [5.41, 5.74) is -1.43. The highest BCUT2D eigenvalue weighted by Gasteiger charge is 2.36. The summed E-state index contributed by atoms with van der Waals surface area (Å²) in [6.45, 7) is 11.4. The van der Waals surface area contributed by atoms with Gasteiger partial charge in [-0.25, -0.2) is 4.39 Å². The molecule has 0 saturated carbocycles.